The van der Waals surface area contributed by atoms with Crippen molar-refractivity contribution in [3.05, 3.63) is 72.9 Å². The number of nitrogens with zero attached hydrogens (tertiary/aromatic N) is 1. The van der Waals surface area contributed by atoms with Gasteiger partial charge < -0.3 is 4.90 Å². The number of amides is 1. The van der Waals surface area contributed by atoms with E-state index in [9.17, 15) is 4.79 Å². The van der Waals surface area contributed by atoms with Crippen molar-refractivity contribution >= 4 is 5.91 Å². The first-order chi connectivity index (χ1) is 14.2. The van der Waals surface area contributed by atoms with Gasteiger partial charge in [0.05, 0.1) is 0 Å². The van der Waals surface area contributed by atoms with Crippen molar-refractivity contribution in [2.24, 2.45) is 5.92 Å². The van der Waals surface area contributed by atoms with Crippen LogP contribution in [-0.4, -0.2) is 23.9 Å². The summed E-state index contributed by atoms with van der Waals surface area (Å²) >= 11 is 0. The minimum Gasteiger partial charge on any atom is -0.343 e. The van der Waals surface area contributed by atoms with Crippen molar-refractivity contribution in [2.75, 3.05) is 13.1 Å². The molecule has 0 aliphatic carbocycles. The highest BCUT2D eigenvalue weighted by Crippen LogP contribution is 2.08. The van der Waals surface area contributed by atoms with E-state index in [-0.39, 0.29) is 11.8 Å². The van der Waals surface area contributed by atoms with Gasteiger partial charge in [0, 0.05) is 19.0 Å². The second-order valence-electron chi connectivity index (χ2n) is 7.06. The molecule has 0 bridgehead atoms. The van der Waals surface area contributed by atoms with Crippen LogP contribution in [0.3, 0.4) is 0 Å². The SMILES string of the molecule is CC/C=C\C/C=C\C/C=C\C/C=C\C/C=C\C/C=C\CC(C)C(=O)N(CC)CC. The number of hydrogen-bond donors (Lipinski definition) is 0. The van der Waals surface area contributed by atoms with E-state index in [2.05, 4.69) is 79.8 Å². The van der Waals surface area contributed by atoms with E-state index in [0.717, 1.165) is 58.0 Å². The molecule has 0 aromatic heterocycles. The van der Waals surface area contributed by atoms with Crippen LogP contribution in [0.1, 0.15) is 72.6 Å². The quantitative estimate of drug-likeness (QED) is 0.246. The standard InChI is InChI=1S/C27H43NO/c1-5-8-9-10-11-12-13-14-15-16-17-18-19-20-21-22-23-24-25-26(4)27(29)28(6-2)7-3/h8-9,11-12,14-15,17-18,20-21,23-24,26H,5-7,10,13,16,19,22,25H2,1-4H3/b9-8-,12-11-,15-14-,18-17-,21-20-,24-23-. The third kappa shape index (κ3) is 16.6. The fraction of sp³-hybridized carbons (Fsp3) is 0.519. The first kappa shape index (κ1) is 26.9. The molecule has 1 atom stereocenters. The molecule has 0 heterocycles. The molecule has 2 heteroatoms. The highest BCUT2D eigenvalue weighted by atomic mass is 16.2. The zero-order valence-corrected chi connectivity index (χ0v) is 19.2. The largest absolute Gasteiger partial charge is 0.343 e. The Labute approximate surface area is 180 Å². The van der Waals surface area contributed by atoms with E-state index in [0.29, 0.717) is 0 Å². The summed E-state index contributed by atoms with van der Waals surface area (Å²) in [5.74, 6) is 0.328. The van der Waals surface area contributed by atoms with Crippen molar-refractivity contribution in [1.29, 1.82) is 0 Å². The molecule has 0 aromatic carbocycles. The van der Waals surface area contributed by atoms with Gasteiger partial charge >= 0.3 is 0 Å². The minimum atomic E-state index is 0.0690. The van der Waals surface area contributed by atoms with Gasteiger partial charge in [0.2, 0.25) is 5.91 Å². The van der Waals surface area contributed by atoms with Crippen LogP contribution in [0.5, 0.6) is 0 Å². The van der Waals surface area contributed by atoms with Gasteiger partial charge in [-0.3, -0.25) is 4.79 Å². The molecule has 0 fully saturated rings. The van der Waals surface area contributed by atoms with Gasteiger partial charge in [-0.2, -0.15) is 0 Å². The van der Waals surface area contributed by atoms with E-state index < -0.39 is 0 Å². The van der Waals surface area contributed by atoms with Gasteiger partial charge in [0.25, 0.3) is 0 Å². The summed E-state index contributed by atoms with van der Waals surface area (Å²) in [5.41, 5.74) is 0. The van der Waals surface area contributed by atoms with Gasteiger partial charge in [0.15, 0.2) is 0 Å². The highest BCUT2D eigenvalue weighted by molar-refractivity contribution is 5.78. The molecule has 29 heavy (non-hydrogen) atoms. The van der Waals surface area contributed by atoms with Crippen molar-refractivity contribution in [3.8, 4) is 0 Å². The number of hydrogen-bond acceptors (Lipinski definition) is 1. The maximum absolute atomic E-state index is 12.2. The number of rotatable bonds is 16. The van der Waals surface area contributed by atoms with E-state index in [4.69, 9.17) is 0 Å². The van der Waals surface area contributed by atoms with Crippen molar-refractivity contribution in [1.82, 2.24) is 4.90 Å². The van der Waals surface area contributed by atoms with Crippen LogP contribution in [0.2, 0.25) is 0 Å². The lowest BCUT2D eigenvalue weighted by molar-refractivity contribution is -0.134. The molecule has 1 amide bonds. The number of allylic oxidation sites excluding steroid dienone is 12. The summed E-state index contributed by atoms with van der Waals surface area (Å²) in [7, 11) is 0. The summed E-state index contributed by atoms with van der Waals surface area (Å²) in [6.45, 7) is 9.83. The van der Waals surface area contributed by atoms with E-state index in [1.165, 1.54) is 0 Å². The zero-order valence-electron chi connectivity index (χ0n) is 19.2. The molecule has 162 valence electrons. The van der Waals surface area contributed by atoms with Gasteiger partial charge in [-0.05, 0) is 58.8 Å². The maximum Gasteiger partial charge on any atom is 0.225 e. The lowest BCUT2D eigenvalue weighted by Gasteiger charge is -2.22. The zero-order chi connectivity index (χ0) is 21.6. The smallest absolute Gasteiger partial charge is 0.225 e. The Hall–Kier alpha value is -2.09. The Balaban J connectivity index is 3.77. The van der Waals surface area contributed by atoms with Crippen LogP contribution in [-0.2, 0) is 4.79 Å². The maximum atomic E-state index is 12.2. The highest BCUT2D eigenvalue weighted by Gasteiger charge is 2.16. The van der Waals surface area contributed by atoms with Crippen LogP contribution < -0.4 is 0 Å². The van der Waals surface area contributed by atoms with Gasteiger partial charge in [-0.1, -0.05) is 86.8 Å². The molecule has 0 rings (SSSR count). The molecule has 1 unspecified atom stereocenters. The molecule has 2 nitrogen and oxygen atoms in total. The number of carbonyl (C=O) groups is 1. The van der Waals surface area contributed by atoms with E-state index >= 15 is 0 Å². The predicted molar refractivity (Wildman–Crippen MR) is 130 cm³/mol. The average molecular weight is 398 g/mol. The van der Waals surface area contributed by atoms with Crippen LogP contribution in [0.15, 0.2) is 72.9 Å². The molecule has 0 aliphatic heterocycles. The first-order valence-corrected chi connectivity index (χ1v) is 11.4. The minimum absolute atomic E-state index is 0.0690. The predicted octanol–water partition coefficient (Wildman–Crippen LogP) is 7.58. The van der Waals surface area contributed by atoms with Crippen LogP contribution in [0, 0.1) is 5.92 Å². The van der Waals surface area contributed by atoms with Crippen LogP contribution in [0.4, 0.5) is 0 Å². The van der Waals surface area contributed by atoms with Crippen molar-refractivity contribution < 1.29 is 4.79 Å². The summed E-state index contributed by atoms with van der Waals surface area (Å²) < 4.78 is 0. The second kappa shape index (κ2) is 20.6. The Morgan fingerprint density at radius 2 is 0.966 bits per heavy atom. The lowest BCUT2D eigenvalue weighted by Crippen LogP contribution is -2.34. The van der Waals surface area contributed by atoms with Crippen LogP contribution in [0.25, 0.3) is 0 Å². The van der Waals surface area contributed by atoms with Crippen molar-refractivity contribution in [3.63, 3.8) is 0 Å². The molecule has 0 N–H and O–H groups in total. The third-order valence-electron chi connectivity index (χ3n) is 4.58. The topological polar surface area (TPSA) is 20.3 Å². The van der Waals surface area contributed by atoms with E-state index in [1.807, 2.05) is 25.7 Å². The molecule has 0 saturated heterocycles. The Morgan fingerprint density at radius 1 is 0.621 bits per heavy atom. The monoisotopic (exact) mass is 397 g/mol. The molecule has 0 radical (unpaired) electrons. The van der Waals surface area contributed by atoms with Gasteiger partial charge in [0.1, 0.15) is 0 Å². The molecular weight excluding hydrogens is 354 g/mol. The lowest BCUT2D eigenvalue weighted by atomic mass is 10.1. The van der Waals surface area contributed by atoms with Gasteiger partial charge in [-0.15, -0.1) is 0 Å². The fourth-order valence-electron chi connectivity index (χ4n) is 2.77. The third-order valence-corrected chi connectivity index (χ3v) is 4.58. The number of carbonyl (C=O) groups excluding carboxylic acids is 1. The van der Waals surface area contributed by atoms with E-state index in [1.54, 1.807) is 0 Å². The molecule has 0 spiro atoms. The first-order valence-electron chi connectivity index (χ1n) is 11.4. The summed E-state index contributed by atoms with van der Waals surface area (Å²) in [4.78, 5) is 14.1. The summed E-state index contributed by atoms with van der Waals surface area (Å²) in [6, 6.07) is 0. The molecule has 0 aromatic rings. The molecule has 0 aliphatic rings. The van der Waals surface area contributed by atoms with Crippen molar-refractivity contribution in [2.45, 2.75) is 72.6 Å². The molecule has 0 saturated carbocycles. The average Bonchev–Trinajstić information content (AvgIpc) is 2.73. The Kier molecular flexibility index (Phi) is 19.2. The normalized spacial score (nSPS) is 13.9. The summed E-state index contributed by atoms with van der Waals surface area (Å²) in [6.07, 6.45) is 33.3. The Bertz CT molecular complexity index is 559. The van der Waals surface area contributed by atoms with Crippen LogP contribution >= 0.6 is 0 Å². The fourth-order valence-corrected chi connectivity index (χ4v) is 2.77. The Morgan fingerprint density at radius 3 is 1.31 bits per heavy atom. The molecular formula is C27H43NO. The van der Waals surface area contributed by atoms with Gasteiger partial charge in [-0.25, -0.2) is 0 Å². The second-order valence-corrected chi connectivity index (χ2v) is 7.06. The summed E-state index contributed by atoms with van der Waals surface area (Å²) in [5, 5.41) is 0.